The molecule has 0 fully saturated rings. The van der Waals surface area contributed by atoms with Crippen LogP contribution in [-0.2, 0) is 0 Å². The quantitative estimate of drug-likeness (QED) is 0.865. The van der Waals surface area contributed by atoms with Crippen molar-refractivity contribution in [3.05, 3.63) is 23.2 Å². The molecule has 1 atom stereocenters. The van der Waals surface area contributed by atoms with Crippen LogP contribution in [-0.4, -0.2) is 6.18 Å². The third-order valence-corrected chi connectivity index (χ3v) is 2.45. The van der Waals surface area contributed by atoms with E-state index in [0.29, 0.717) is 12.2 Å². The topological polar surface area (TPSA) is 39.2 Å². The van der Waals surface area contributed by atoms with Gasteiger partial charge in [0.25, 0.3) is 0 Å². The second-order valence-electron chi connectivity index (χ2n) is 3.98. The summed E-state index contributed by atoms with van der Waals surface area (Å²) >= 11 is 0. The summed E-state index contributed by atoms with van der Waals surface area (Å²) in [7, 11) is 0. The number of hydrogen-bond donors (Lipinski definition) is 1. The Morgan fingerprint density at radius 1 is 1.38 bits per heavy atom. The van der Waals surface area contributed by atoms with E-state index >= 15 is 0 Å². The SMILES string of the molecule is Cc1cc(C(N)CCCC(F)(F)F)c(C)o1. The molecule has 0 aliphatic rings. The van der Waals surface area contributed by atoms with Crippen LogP contribution in [0.1, 0.15) is 42.4 Å². The van der Waals surface area contributed by atoms with Crippen molar-refractivity contribution in [1.82, 2.24) is 0 Å². The van der Waals surface area contributed by atoms with Gasteiger partial charge < -0.3 is 10.2 Å². The third kappa shape index (κ3) is 3.89. The summed E-state index contributed by atoms with van der Waals surface area (Å²) < 4.78 is 41.1. The number of hydrogen-bond acceptors (Lipinski definition) is 2. The molecular formula is C11H16F3NO. The average Bonchev–Trinajstić information content (AvgIpc) is 2.43. The second kappa shape index (κ2) is 4.91. The molecule has 1 rings (SSSR count). The minimum atomic E-state index is -4.10. The molecule has 2 nitrogen and oxygen atoms in total. The summed E-state index contributed by atoms with van der Waals surface area (Å²) in [5.41, 5.74) is 6.62. The molecular weight excluding hydrogens is 219 g/mol. The van der Waals surface area contributed by atoms with E-state index in [1.165, 1.54) is 0 Å². The first-order chi connectivity index (χ1) is 7.29. The molecule has 0 radical (unpaired) electrons. The van der Waals surface area contributed by atoms with Gasteiger partial charge in [0.2, 0.25) is 0 Å². The molecule has 92 valence electrons. The van der Waals surface area contributed by atoms with Crippen LogP contribution in [0.2, 0.25) is 0 Å². The molecule has 1 aromatic heterocycles. The van der Waals surface area contributed by atoms with Crippen molar-refractivity contribution < 1.29 is 17.6 Å². The van der Waals surface area contributed by atoms with Crippen LogP contribution >= 0.6 is 0 Å². The lowest BCUT2D eigenvalue weighted by atomic mass is 10.0. The first kappa shape index (κ1) is 13.1. The minimum Gasteiger partial charge on any atom is -0.466 e. The Labute approximate surface area is 92.6 Å². The third-order valence-electron chi connectivity index (χ3n) is 2.45. The van der Waals surface area contributed by atoms with Crippen molar-refractivity contribution in [3.8, 4) is 0 Å². The van der Waals surface area contributed by atoms with Crippen LogP contribution in [0.15, 0.2) is 10.5 Å². The van der Waals surface area contributed by atoms with E-state index in [1.54, 1.807) is 19.9 Å². The normalized spacial score (nSPS) is 14.1. The summed E-state index contributed by atoms with van der Waals surface area (Å²) in [6.07, 6.45) is -4.51. The number of nitrogens with two attached hydrogens (primary N) is 1. The Morgan fingerprint density at radius 2 is 2.00 bits per heavy atom. The zero-order valence-electron chi connectivity index (χ0n) is 9.40. The highest BCUT2D eigenvalue weighted by Crippen LogP contribution is 2.27. The molecule has 1 heterocycles. The minimum absolute atomic E-state index is 0.0499. The van der Waals surface area contributed by atoms with E-state index in [9.17, 15) is 13.2 Å². The molecule has 0 bridgehead atoms. The van der Waals surface area contributed by atoms with Gasteiger partial charge in [0, 0.05) is 18.0 Å². The van der Waals surface area contributed by atoms with Crippen LogP contribution in [0, 0.1) is 13.8 Å². The molecule has 1 aromatic rings. The van der Waals surface area contributed by atoms with Gasteiger partial charge in [0.1, 0.15) is 11.5 Å². The zero-order chi connectivity index (χ0) is 12.3. The number of aryl methyl sites for hydroxylation is 2. The standard InChI is InChI=1S/C11H16F3NO/c1-7-6-9(8(2)16-7)10(15)4-3-5-11(12,13)14/h6,10H,3-5,15H2,1-2H3. The van der Waals surface area contributed by atoms with Gasteiger partial charge in [0.15, 0.2) is 0 Å². The number of furan rings is 1. The van der Waals surface area contributed by atoms with Crippen LogP contribution in [0.3, 0.4) is 0 Å². The van der Waals surface area contributed by atoms with Gasteiger partial charge >= 0.3 is 6.18 Å². The van der Waals surface area contributed by atoms with Gasteiger partial charge in [-0.2, -0.15) is 13.2 Å². The van der Waals surface area contributed by atoms with Crippen LogP contribution in [0.5, 0.6) is 0 Å². The summed E-state index contributed by atoms with van der Waals surface area (Å²) in [6, 6.07) is 1.41. The fraction of sp³-hybridized carbons (Fsp3) is 0.636. The van der Waals surface area contributed by atoms with Crippen LogP contribution in [0.25, 0.3) is 0 Å². The van der Waals surface area contributed by atoms with E-state index in [1.807, 2.05) is 0 Å². The van der Waals surface area contributed by atoms with Gasteiger partial charge in [-0.3, -0.25) is 0 Å². The summed E-state index contributed by atoms with van der Waals surface area (Å²) in [6.45, 7) is 3.56. The molecule has 0 aliphatic carbocycles. The predicted molar refractivity (Wildman–Crippen MR) is 55.0 cm³/mol. The maximum atomic E-state index is 11.9. The maximum Gasteiger partial charge on any atom is 0.389 e. The molecule has 0 aliphatic heterocycles. The monoisotopic (exact) mass is 235 g/mol. The molecule has 5 heteroatoms. The van der Waals surface area contributed by atoms with Gasteiger partial charge in [-0.05, 0) is 32.8 Å². The number of halogens is 3. The first-order valence-electron chi connectivity index (χ1n) is 5.19. The van der Waals surface area contributed by atoms with Crippen molar-refractivity contribution in [1.29, 1.82) is 0 Å². The highest BCUT2D eigenvalue weighted by Gasteiger charge is 2.26. The van der Waals surface area contributed by atoms with E-state index < -0.39 is 12.6 Å². The molecule has 0 saturated heterocycles. The van der Waals surface area contributed by atoms with Crippen LogP contribution < -0.4 is 5.73 Å². The zero-order valence-corrected chi connectivity index (χ0v) is 9.40. The van der Waals surface area contributed by atoms with Gasteiger partial charge in [-0.15, -0.1) is 0 Å². The van der Waals surface area contributed by atoms with E-state index in [2.05, 4.69) is 0 Å². The van der Waals surface area contributed by atoms with E-state index in [-0.39, 0.29) is 12.5 Å². The number of rotatable bonds is 4. The molecule has 0 saturated carbocycles. The second-order valence-corrected chi connectivity index (χ2v) is 3.98. The van der Waals surface area contributed by atoms with E-state index in [4.69, 9.17) is 10.2 Å². The van der Waals surface area contributed by atoms with Crippen molar-refractivity contribution in [2.75, 3.05) is 0 Å². The Bertz CT molecular complexity index is 343. The summed E-state index contributed by atoms with van der Waals surface area (Å²) in [4.78, 5) is 0. The molecule has 2 N–H and O–H groups in total. The average molecular weight is 235 g/mol. The van der Waals surface area contributed by atoms with Gasteiger partial charge in [-0.25, -0.2) is 0 Å². The summed E-state index contributed by atoms with van der Waals surface area (Å²) in [5, 5.41) is 0. The highest BCUT2D eigenvalue weighted by atomic mass is 19.4. The lowest BCUT2D eigenvalue weighted by molar-refractivity contribution is -0.135. The molecule has 0 amide bonds. The highest BCUT2D eigenvalue weighted by molar-refractivity contribution is 5.23. The largest absolute Gasteiger partial charge is 0.466 e. The summed E-state index contributed by atoms with van der Waals surface area (Å²) in [5.74, 6) is 1.43. The van der Waals surface area contributed by atoms with E-state index in [0.717, 1.165) is 11.3 Å². The van der Waals surface area contributed by atoms with Crippen molar-refractivity contribution >= 4 is 0 Å². The Hall–Kier alpha value is -0.970. The Balaban J connectivity index is 2.47. The molecule has 0 aromatic carbocycles. The van der Waals surface area contributed by atoms with Crippen molar-refractivity contribution in [2.24, 2.45) is 5.73 Å². The Morgan fingerprint density at radius 3 is 2.44 bits per heavy atom. The van der Waals surface area contributed by atoms with Gasteiger partial charge in [0.05, 0.1) is 0 Å². The molecule has 0 spiro atoms. The van der Waals surface area contributed by atoms with Crippen molar-refractivity contribution in [3.63, 3.8) is 0 Å². The van der Waals surface area contributed by atoms with Gasteiger partial charge in [-0.1, -0.05) is 0 Å². The van der Waals surface area contributed by atoms with Crippen LogP contribution in [0.4, 0.5) is 13.2 Å². The smallest absolute Gasteiger partial charge is 0.389 e. The molecule has 1 unspecified atom stereocenters. The fourth-order valence-electron chi connectivity index (χ4n) is 1.70. The van der Waals surface area contributed by atoms with Crippen molar-refractivity contribution in [2.45, 2.75) is 45.3 Å². The Kier molecular flexibility index (Phi) is 4.02. The fourth-order valence-corrected chi connectivity index (χ4v) is 1.70. The number of alkyl halides is 3. The predicted octanol–water partition coefficient (Wildman–Crippen LogP) is 3.63. The molecule has 16 heavy (non-hydrogen) atoms. The lowest BCUT2D eigenvalue weighted by Gasteiger charge is -2.11. The first-order valence-corrected chi connectivity index (χ1v) is 5.19. The lowest BCUT2D eigenvalue weighted by Crippen LogP contribution is -2.13. The maximum absolute atomic E-state index is 11.9.